The second-order valence-corrected chi connectivity index (χ2v) is 8.83. The minimum atomic E-state index is -0.788. The first-order valence-electron chi connectivity index (χ1n) is 9.61. The van der Waals surface area contributed by atoms with Crippen LogP contribution in [0.25, 0.3) is 0 Å². The number of methoxy groups -OCH3 is 1. The van der Waals surface area contributed by atoms with Crippen LogP contribution < -0.4 is 5.32 Å². The second-order valence-electron chi connectivity index (χ2n) is 8.83. The number of hydrogen-bond donors (Lipinski definition) is 2. The Morgan fingerprint density at radius 2 is 1.96 bits per heavy atom. The molecule has 6 nitrogen and oxygen atoms in total. The van der Waals surface area contributed by atoms with Crippen LogP contribution in [0.1, 0.15) is 62.4 Å². The van der Waals surface area contributed by atoms with Crippen LogP contribution in [0.4, 0.5) is 4.79 Å². The summed E-state index contributed by atoms with van der Waals surface area (Å²) in [6.45, 7) is 7.16. The molecule has 2 N–H and O–H groups in total. The van der Waals surface area contributed by atoms with Crippen LogP contribution in [0.3, 0.4) is 0 Å². The summed E-state index contributed by atoms with van der Waals surface area (Å²) in [5, 5.41) is 13.4. The minimum absolute atomic E-state index is 0.0923. The molecule has 148 valence electrons. The molecule has 1 aromatic rings. The normalized spacial score (nSPS) is 27.5. The quantitative estimate of drug-likeness (QED) is 0.787. The van der Waals surface area contributed by atoms with E-state index in [1.54, 1.807) is 17.0 Å². The molecule has 1 amide bonds. The Morgan fingerprint density at radius 1 is 1.30 bits per heavy atom. The van der Waals surface area contributed by atoms with Crippen LogP contribution in [0.2, 0.25) is 0 Å². The number of esters is 1. The Bertz CT molecular complexity index is 710. The highest BCUT2D eigenvalue weighted by Gasteiger charge is 2.59. The number of rotatable bonds is 4. The second kappa shape index (κ2) is 7.15. The molecular formula is C21H30N2O4. The first kappa shape index (κ1) is 19.7. The van der Waals surface area contributed by atoms with Gasteiger partial charge in [0.1, 0.15) is 0 Å². The molecule has 2 fully saturated rings. The first-order chi connectivity index (χ1) is 12.7. The van der Waals surface area contributed by atoms with Gasteiger partial charge in [-0.1, -0.05) is 32.9 Å². The largest absolute Gasteiger partial charge is 0.465 e. The number of ether oxygens (including phenoxy) is 1. The van der Waals surface area contributed by atoms with Gasteiger partial charge in [-0.3, -0.25) is 4.90 Å². The van der Waals surface area contributed by atoms with Crippen molar-refractivity contribution in [2.45, 2.75) is 70.6 Å². The van der Waals surface area contributed by atoms with Crippen LogP contribution in [0, 0.1) is 5.41 Å². The zero-order valence-electron chi connectivity index (χ0n) is 16.6. The van der Waals surface area contributed by atoms with Gasteiger partial charge >= 0.3 is 12.1 Å². The highest BCUT2D eigenvalue weighted by Crippen LogP contribution is 2.53. The highest BCUT2D eigenvalue weighted by atomic mass is 16.5. The number of fused-ring (bicyclic) bond motifs is 2. The Morgan fingerprint density at radius 3 is 2.52 bits per heavy atom. The lowest BCUT2D eigenvalue weighted by atomic mass is 9.67. The molecule has 0 aliphatic carbocycles. The molecule has 3 unspecified atom stereocenters. The Balaban J connectivity index is 1.69. The van der Waals surface area contributed by atoms with Crippen molar-refractivity contribution in [2.24, 2.45) is 5.41 Å². The Labute approximate surface area is 160 Å². The van der Waals surface area contributed by atoms with Gasteiger partial charge in [0.25, 0.3) is 0 Å². The molecular weight excluding hydrogens is 344 g/mol. The van der Waals surface area contributed by atoms with Crippen LogP contribution in [0.15, 0.2) is 24.3 Å². The van der Waals surface area contributed by atoms with Gasteiger partial charge in [0, 0.05) is 18.6 Å². The number of piperidine rings is 1. The maximum atomic E-state index is 11.9. The molecule has 1 aromatic carbocycles. The average molecular weight is 374 g/mol. The number of hydrogen-bond acceptors (Lipinski definition) is 4. The first-order valence-corrected chi connectivity index (χ1v) is 9.61. The third-order valence-electron chi connectivity index (χ3n) is 6.43. The lowest BCUT2D eigenvalue weighted by molar-refractivity contribution is -0.0246. The van der Waals surface area contributed by atoms with E-state index >= 15 is 0 Å². The standard InChI is InChI=1S/C21H30N2O4/c1-20(2,3)21-10-9-17(23(21)19(25)26)11-16(12-21)22-13-14-5-7-15(8-6-14)18(24)27-4/h5-8,16-17,22H,9-13H2,1-4H3,(H,25,26). The lowest BCUT2D eigenvalue weighted by Gasteiger charge is -2.53. The lowest BCUT2D eigenvalue weighted by Crippen LogP contribution is -2.63. The average Bonchev–Trinajstić information content (AvgIpc) is 2.88. The molecule has 3 rings (SSSR count). The van der Waals surface area contributed by atoms with Crippen molar-refractivity contribution in [1.82, 2.24) is 10.2 Å². The van der Waals surface area contributed by atoms with Gasteiger partial charge in [-0.15, -0.1) is 0 Å². The Hall–Kier alpha value is -2.08. The summed E-state index contributed by atoms with van der Waals surface area (Å²) in [4.78, 5) is 25.2. The topological polar surface area (TPSA) is 78.9 Å². The molecule has 6 heteroatoms. The third-order valence-corrected chi connectivity index (χ3v) is 6.43. The highest BCUT2D eigenvalue weighted by molar-refractivity contribution is 5.89. The number of nitrogens with one attached hydrogen (secondary N) is 1. The number of benzene rings is 1. The summed E-state index contributed by atoms with van der Waals surface area (Å²) in [5.41, 5.74) is 1.22. The molecule has 0 saturated carbocycles. The van der Waals surface area contributed by atoms with E-state index in [1.807, 2.05) is 12.1 Å². The number of amides is 1. The smallest absolute Gasteiger partial charge is 0.408 e. The summed E-state index contributed by atoms with van der Waals surface area (Å²) in [7, 11) is 1.38. The van der Waals surface area contributed by atoms with E-state index < -0.39 is 6.09 Å². The van der Waals surface area contributed by atoms with Crippen molar-refractivity contribution in [2.75, 3.05) is 7.11 Å². The van der Waals surface area contributed by atoms with Gasteiger partial charge in [-0.2, -0.15) is 0 Å². The summed E-state index contributed by atoms with van der Waals surface area (Å²) in [6, 6.07) is 7.79. The molecule has 2 heterocycles. The van der Waals surface area contributed by atoms with E-state index in [-0.39, 0.29) is 29.0 Å². The molecule has 0 spiro atoms. The zero-order valence-corrected chi connectivity index (χ0v) is 16.6. The van der Waals surface area contributed by atoms with E-state index in [9.17, 15) is 14.7 Å². The monoisotopic (exact) mass is 374 g/mol. The van der Waals surface area contributed by atoms with Gasteiger partial charge < -0.3 is 15.2 Å². The van der Waals surface area contributed by atoms with Gasteiger partial charge in [0.15, 0.2) is 0 Å². The van der Waals surface area contributed by atoms with Crippen molar-refractivity contribution in [1.29, 1.82) is 0 Å². The minimum Gasteiger partial charge on any atom is -0.465 e. The van der Waals surface area contributed by atoms with E-state index in [0.717, 1.165) is 31.2 Å². The predicted octanol–water partition coefficient (Wildman–Crippen LogP) is 3.65. The summed E-state index contributed by atoms with van der Waals surface area (Å²) >= 11 is 0. The van der Waals surface area contributed by atoms with Gasteiger partial charge in [0.2, 0.25) is 0 Å². The van der Waals surface area contributed by atoms with Gasteiger partial charge in [-0.25, -0.2) is 9.59 Å². The van der Waals surface area contributed by atoms with Crippen molar-refractivity contribution in [3.8, 4) is 0 Å². The molecule has 0 radical (unpaired) electrons. The van der Waals surface area contributed by atoms with Gasteiger partial charge in [0.05, 0.1) is 18.2 Å². The van der Waals surface area contributed by atoms with Crippen molar-refractivity contribution in [3.63, 3.8) is 0 Å². The number of nitrogens with zero attached hydrogens (tertiary/aromatic N) is 1. The molecule has 27 heavy (non-hydrogen) atoms. The van der Waals surface area contributed by atoms with E-state index in [0.29, 0.717) is 12.1 Å². The van der Waals surface area contributed by atoms with E-state index in [2.05, 4.69) is 26.1 Å². The van der Waals surface area contributed by atoms with Crippen molar-refractivity contribution in [3.05, 3.63) is 35.4 Å². The molecule has 3 atom stereocenters. The number of carbonyl (C=O) groups is 2. The number of carboxylic acid groups (broad SMARTS) is 1. The van der Waals surface area contributed by atoms with Crippen LogP contribution in [-0.4, -0.2) is 46.8 Å². The molecule has 2 saturated heterocycles. The Kier molecular flexibility index (Phi) is 5.21. The summed E-state index contributed by atoms with van der Waals surface area (Å²) < 4.78 is 4.73. The van der Waals surface area contributed by atoms with Crippen LogP contribution >= 0.6 is 0 Å². The van der Waals surface area contributed by atoms with Crippen LogP contribution in [0.5, 0.6) is 0 Å². The SMILES string of the molecule is COC(=O)c1ccc(CNC2CC3CCC(C(C)(C)C)(C2)N3C(=O)O)cc1. The summed E-state index contributed by atoms with van der Waals surface area (Å²) in [6.07, 6.45) is 2.77. The molecule has 2 aliphatic heterocycles. The molecule has 0 aromatic heterocycles. The van der Waals surface area contributed by atoms with Crippen LogP contribution in [-0.2, 0) is 11.3 Å². The summed E-state index contributed by atoms with van der Waals surface area (Å²) in [5.74, 6) is -0.334. The van der Waals surface area contributed by atoms with E-state index in [4.69, 9.17) is 4.74 Å². The predicted molar refractivity (Wildman–Crippen MR) is 103 cm³/mol. The van der Waals surface area contributed by atoms with E-state index in [1.165, 1.54) is 7.11 Å². The zero-order chi connectivity index (χ0) is 19.8. The maximum Gasteiger partial charge on any atom is 0.408 e. The maximum absolute atomic E-state index is 11.9. The number of carbonyl (C=O) groups excluding carboxylic acids is 1. The van der Waals surface area contributed by atoms with Gasteiger partial charge in [-0.05, 0) is 48.8 Å². The fourth-order valence-corrected chi connectivity index (χ4v) is 4.92. The molecule has 2 aliphatic rings. The fourth-order valence-electron chi connectivity index (χ4n) is 4.92. The van der Waals surface area contributed by atoms with Crippen molar-refractivity contribution >= 4 is 12.1 Å². The fraction of sp³-hybridized carbons (Fsp3) is 0.619. The molecule has 2 bridgehead atoms. The third kappa shape index (κ3) is 3.55. The van der Waals surface area contributed by atoms with Crippen molar-refractivity contribution < 1.29 is 19.4 Å².